The minimum atomic E-state index is -0.162. The van der Waals surface area contributed by atoms with Crippen molar-refractivity contribution in [1.82, 2.24) is 0 Å². The van der Waals surface area contributed by atoms with Gasteiger partial charge in [-0.05, 0) is 34.9 Å². The molecule has 0 saturated heterocycles. The van der Waals surface area contributed by atoms with Crippen molar-refractivity contribution in [2.75, 3.05) is 0 Å². The van der Waals surface area contributed by atoms with E-state index in [0.717, 1.165) is 21.6 Å². The van der Waals surface area contributed by atoms with Crippen LogP contribution in [0.1, 0.15) is 71.1 Å². The number of hydrogen-bond acceptors (Lipinski definition) is 3. The second-order valence-electron chi connectivity index (χ2n) is 7.50. The van der Waals surface area contributed by atoms with Gasteiger partial charge in [0.2, 0.25) is 0 Å². The molecule has 0 saturated carbocycles. The molecule has 1 aromatic carbocycles. The van der Waals surface area contributed by atoms with Crippen LogP contribution in [0.25, 0.3) is 0 Å². The van der Waals surface area contributed by atoms with Gasteiger partial charge < -0.3 is 5.11 Å². The summed E-state index contributed by atoms with van der Waals surface area (Å²) >= 11 is 5.46. The Morgan fingerprint density at radius 2 is 1.52 bits per heavy atom. The standard InChI is InChI=1S/C18H25NOS/c1-17(2,3)13-10-12(15(21)8-7-9-19)11-14(16(13)20)18(4,5)6/h10-11,20H,7-8H2,1-6H3. The van der Waals surface area contributed by atoms with Gasteiger partial charge in [-0.25, -0.2) is 0 Å². The SMILES string of the molecule is CC(C)(C)c1cc(C(=S)CCC#N)cc(C(C)(C)C)c1O. The molecule has 0 bridgehead atoms. The Hall–Kier alpha value is -1.40. The van der Waals surface area contributed by atoms with E-state index in [1.54, 1.807) is 0 Å². The smallest absolute Gasteiger partial charge is 0.123 e. The van der Waals surface area contributed by atoms with Crippen molar-refractivity contribution in [3.8, 4) is 11.8 Å². The molecule has 0 aliphatic heterocycles. The zero-order valence-corrected chi connectivity index (χ0v) is 14.7. The number of aromatic hydroxyl groups is 1. The molecule has 0 amide bonds. The molecule has 1 rings (SSSR count). The molecule has 0 aromatic heterocycles. The van der Waals surface area contributed by atoms with Crippen molar-refractivity contribution in [2.24, 2.45) is 0 Å². The van der Waals surface area contributed by atoms with Crippen LogP contribution in [0.2, 0.25) is 0 Å². The van der Waals surface area contributed by atoms with Crippen LogP contribution in [-0.4, -0.2) is 9.97 Å². The van der Waals surface area contributed by atoms with Gasteiger partial charge in [-0.1, -0.05) is 53.8 Å². The predicted molar refractivity (Wildman–Crippen MR) is 92.1 cm³/mol. The summed E-state index contributed by atoms with van der Waals surface area (Å²) in [5, 5.41) is 19.4. The van der Waals surface area contributed by atoms with Gasteiger partial charge in [0, 0.05) is 22.4 Å². The maximum Gasteiger partial charge on any atom is 0.123 e. The first-order valence-corrected chi connectivity index (χ1v) is 7.67. The summed E-state index contributed by atoms with van der Waals surface area (Å²) in [7, 11) is 0. The molecule has 0 radical (unpaired) electrons. The van der Waals surface area contributed by atoms with Crippen molar-refractivity contribution >= 4 is 17.1 Å². The fraction of sp³-hybridized carbons (Fsp3) is 0.556. The second-order valence-corrected chi connectivity index (χ2v) is 7.99. The van der Waals surface area contributed by atoms with Gasteiger partial charge in [-0.15, -0.1) is 0 Å². The Morgan fingerprint density at radius 1 is 1.10 bits per heavy atom. The molecule has 1 aromatic rings. The summed E-state index contributed by atoms with van der Waals surface area (Å²) < 4.78 is 0. The molecule has 0 unspecified atom stereocenters. The number of hydrogen-bond donors (Lipinski definition) is 1. The van der Waals surface area contributed by atoms with Crippen LogP contribution in [0.4, 0.5) is 0 Å². The van der Waals surface area contributed by atoms with E-state index in [-0.39, 0.29) is 10.8 Å². The van der Waals surface area contributed by atoms with Gasteiger partial charge in [0.05, 0.1) is 6.07 Å². The van der Waals surface area contributed by atoms with Crippen LogP contribution >= 0.6 is 12.2 Å². The van der Waals surface area contributed by atoms with E-state index in [0.29, 0.717) is 18.6 Å². The van der Waals surface area contributed by atoms with E-state index in [1.165, 1.54) is 0 Å². The van der Waals surface area contributed by atoms with Gasteiger partial charge in [-0.2, -0.15) is 5.26 Å². The highest BCUT2D eigenvalue weighted by molar-refractivity contribution is 7.80. The van der Waals surface area contributed by atoms with Crippen LogP contribution in [-0.2, 0) is 10.8 Å². The zero-order chi connectivity index (χ0) is 16.4. The average molecular weight is 303 g/mol. The van der Waals surface area contributed by atoms with E-state index < -0.39 is 0 Å². The van der Waals surface area contributed by atoms with Crippen molar-refractivity contribution in [1.29, 1.82) is 5.26 Å². The molecule has 0 aliphatic carbocycles. The van der Waals surface area contributed by atoms with Crippen molar-refractivity contribution in [2.45, 2.75) is 65.2 Å². The molecule has 0 spiro atoms. The second kappa shape index (κ2) is 6.15. The molecule has 1 N–H and O–H groups in total. The first-order chi connectivity index (χ1) is 9.48. The van der Waals surface area contributed by atoms with Gasteiger partial charge in [0.1, 0.15) is 5.75 Å². The molecule has 0 atom stereocenters. The van der Waals surface area contributed by atoms with Crippen LogP contribution in [0.3, 0.4) is 0 Å². The third-order valence-corrected chi connectivity index (χ3v) is 3.95. The average Bonchev–Trinajstić information content (AvgIpc) is 2.33. The maximum absolute atomic E-state index is 10.6. The normalized spacial score (nSPS) is 12.0. The first-order valence-electron chi connectivity index (χ1n) is 7.26. The topological polar surface area (TPSA) is 44.0 Å². The highest BCUT2D eigenvalue weighted by atomic mass is 32.1. The van der Waals surface area contributed by atoms with Crippen molar-refractivity contribution < 1.29 is 5.11 Å². The summed E-state index contributed by atoms with van der Waals surface area (Å²) in [5.41, 5.74) is 2.44. The Labute approximate surface area is 133 Å². The number of phenols is 1. The lowest BCUT2D eigenvalue weighted by Crippen LogP contribution is -2.18. The summed E-state index contributed by atoms with van der Waals surface area (Å²) in [5.74, 6) is 0.363. The quantitative estimate of drug-likeness (QED) is 0.630. The maximum atomic E-state index is 10.6. The summed E-state index contributed by atoms with van der Waals surface area (Å²) in [4.78, 5) is 0.785. The summed E-state index contributed by atoms with van der Waals surface area (Å²) in [6.07, 6.45) is 1.01. The molecule has 114 valence electrons. The number of phenolic OH excluding ortho intramolecular Hbond substituents is 1. The number of nitrogens with zero attached hydrogens (tertiary/aromatic N) is 1. The predicted octanol–water partition coefficient (Wildman–Crippen LogP) is 5.01. The zero-order valence-electron chi connectivity index (χ0n) is 13.9. The highest BCUT2D eigenvalue weighted by Gasteiger charge is 2.27. The molecule has 0 fully saturated rings. The summed E-state index contributed by atoms with van der Waals surface area (Å²) in [6, 6.07) is 6.09. The monoisotopic (exact) mass is 303 g/mol. The van der Waals surface area contributed by atoms with Crippen LogP contribution in [0, 0.1) is 11.3 Å². The molecular formula is C18H25NOS. The van der Waals surface area contributed by atoms with Gasteiger partial charge in [0.25, 0.3) is 0 Å². The van der Waals surface area contributed by atoms with E-state index in [2.05, 4.69) is 47.6 Å². The minimum Gasteiger partial charge on any atom is -0.507 e. The Kier molecular flexibility index (Phi) is 5.17. The van der Waals surface area contributed by atoms with E-state index in [1.807, 2.05) is 12.1 Å². The van der Waals surface area contributed by atoms with E-state index in [9.17, 15) is 5.11 Å². The van der Waals surface area contributed by atoms with Crippen LogP contribution < -0.4 is 0 Å². The Balaban J connectivity index is 3.48. The van der Waals surface area contributed by atoms with Gasteiger partial charge in [-0.3, -0.25) is 0 Å². The lowest BCUT2D eigenvalue weighted by atomic mass is 9.78. The fourth-order valence-electron chi connectivity index (χ4n) is 2.25. The van der Waals surface area contributed by atoms with Gasteiger partial charge in [0.15, 0.2) is 0 Å². The Bertz CT molecular complexity index is 548. The largest absolute Gasteiger partial charge is 0.507 e. The van der Waals surface area contributed by atoms with Crippen LogP contribution in [0.5, 0.6) is 5.75 Å². The molecule has 0 heterocycles. The number of nitriles is 1. The lowest BCUT2D eigenvalue weighted by Gasteiger charge is -2.28. The third-order valence-electron chi connectivity index (χ3n) is 3.51. The molecular weight excluding hydrogens is 278 g/mol. The fourth-order valence-corrected chi connectivity index (χ4v) is 2.47. The lowest BCUT2D eigenvalue weighted by molar-refractivity contribution is 0.423. The molecule has 21 heavy (non-hydrogen) atoms. The Morgan fingerprint density at radius 3 is 1.86 bits per heavy atom. The summed E-state index contributed by atoms with van der Waals surface area (Å²) in [6.45, 7) is 12.5. The highest BCUT2D eigenvalue weighted by Crippen LogP contribution is 2.40. The third kappa shape index (κ3) is 4.28. The van der Waals surface area contributed by atoms with E-state index in [4.69, 9.17) is 17.5 Å². The van der Waals surface area contributed by atoms with Crippen LogP contribution in [0.15, 0.2) is 12.1 Å². The minimum absolute atomic E-state index is 0.162. The number of thiocarbonyl (C=S) groups is 1. The number of rotatable bonds is 3. The van der Waals surface area contributed by atoms with Gasteiger partial charge >= 0.3 is 0 Å². The van der Waals surface area contributed by atoms with E-state index >= 15 is 0 Å². The molecule has 0 aliphatic rings. The van der Waals surface area contributed by atoms with Crippen molar-refractivity contribution in [3.05, 3.63) is 28.8 Å². The van der Waals surface area contributed by atoms with Crippen molar-refractivity contribution in [3.63, 3.8) is 0 Å². The molecule has 3 heteroatoms. The number of benzene rings is 1. The first kappa shape index (κ1) is 17.7. The molecule has 2 nitrogen and oxygen atoms in total.